The van der Waals surface area contributed by atoms with Crippen molar-refractivity contribution in [2.45, 2.75) is 68.2 Å². The van der Waals surface area contributed by atoms with E-state index in [0.717, 1.165) is 25.2 Å². The molecule has 4 aliphatic carbocycles. The van der Waals surface area contributed by atoms with Gasteiger partial charge in [0.15, 0.2) is 0 Å². The number of hydrogen-bond acceptors (Lipinski definition) is 4. The van der Waals surface area contributed by atoms with E-state index in [-0.39, 0.29) is 74.6 Å². The molecule has 0 aromatic rings. The Morgan fingerprint density at radius 2 is 1.22 bits per heavy atom. The van der Waals surface area contributed by atoms with E-state index in [1.807, 2.05) is 0 Å². The molecule has 0 unspecified atom stereocenters. The maximum Gasteiger partial charge on any atom is 1.00 e. The first-order valence-electron chi connectivity index (χ1n) is 8.92. The fraction of sp³-hybridized carbons (Fsp3) is 0.905. The molecule has 4 rings (SSSR count). The van der Waals surface area contributed by atoms with Crippen LogP contribution in [0.2, 0.25) is 0 Å². The minimum atomic E-state index is -0.830. The van der Waals surface area contributed by atoms with Crippen LogP contribution in [-0.4, -0.2) is 19.0 Å². The maximum absolute atomic E-state index is 11.3. The van der Waals surface area contributed by atoms with Crippen LogP contribution in [0.3, 0.4) is 0 Å². The van der Waals surface area contributed by atoms with Gasteiger partial charge in [-0.25, -0.2) is 0 Å². The Hall–Kier alpha value is 0.230. The summed E-state index contributed by atoms with van der Waals surface area (Å²) in [6, 6.07) is 0. The van der Waals surface area contributed by atoms with Crippen LogP contribution in [-0.2, 0) is 14.3 Å². The topological polar surface area (TPSA) is 66.4 Å². The molecule has 0 amide bonds. The van der Waals surface area contributed by atoms with Crippen LogP contribution >= 0.6 is 12.4 Å². The number of carbonyl (C=O) groups excluding carboxylic acids is 2. The SMILES string of the molecule is C.C.CC1(C)[C@@H]2[C@@H](C(=O)[O-])CC[C@@H]21.COC(=O)[C@H]1CC[C@H]2[C@@H]1C2(C)C.Cl.[Na+]. The van der Waals surface area contributed by atoms with Crippen LogP contribution in [0.15, 0.2) is 0 Å². The fourth-order valence-corrected chi connectivity index (χ4v) is 6.03. The molecule has 6 atom stereocenters. The number of esters is 1. The molecular formula is C21H38ClNaO4. The average Bonchev–Trinajstić information content (AvgIpc) is 3.07. The zero-order valence-electron chi connectivity index (χ0n) is 16.3. The number of carbonyl (C=O) groups is 2. The summed E-state index contributed by atoms with van der Waals surface area (Å²) < 4.78 is 4.79. The summed E-state index contributed by atoms with van der Waals surface area (Å²) in [5.41, 5.74) is 0.708. The van der Waals surface area contributed by atoms with Crippen LogP contribution in [0.5, 0.6) is 0 Å². The van der Waals surface area contributed by atoms with Crippen LogP contribution < -0.4 is 34.7 Å². The smallest absolute Gasteiger partial charge is 0.550 e. The molecule has 0 bridgehead atoms. The van der Waals surface area contributed by atoms with E-state index in [0.29, 0.717) is 28.6 Å². The summed E-state index contributed by atoms with van der Waals surface area (Å²) in [6.07, 6.45) is 4.21. The Kier molecular flexibility index (Phi) is 10.7. The normalized spacial score (nSPS) is 37.1. The van der Waals surface area contributed by atoms with Gasteiger partial charge in [-0.05, 0) is 60.2 Å². The number of methoxy groups -OCH3 is 1. The zero-order valence-corrected chi connectivity index (χ0v) is 19.2. The second-order valence-corrected chi connectivity index (χ2v) is 9.12. The van der Waals surface area contributed by atoms with Crippen molar-refractivity contribution in [2.75, 3.05) is 7.11 Å². The first-order valence-corrected chi connectivity index (χ1v) is 8.92. The van der Waals surface area contributed by atoms with Gasteiger partial charge < -0.3 is 14.6 Å². The summed E-state index contributed by atoms with van der Waals surface area (Å²) in [6.45, 7) is 8.85. The van der Waals surface area contributed by atoms with Crippen LogP contribution in [0.1, 0.15) is 68.2 Å². The van der Waals surface area contributed by atoms with Crippen LogP contribution in [0.25, 0.3) is 0 Å². The molecule has 0 heterocycles. The standard InChI is InChI=1S/C10H16O2.C9H14O2.2CH4.ClH.Na/c1-10(2)7-5-4-6(8(7)10)9(11)12-3;1-9(2)6-4-3-5(7(6)9)8(10)11;;;;/h6-8H,4-5H2,1-3H3;5-7H,3-4H2,1-2H3,(H,10,11);2*1H4;1H;/q;;;;;+1/p-1/t6-,7-,8+;5-,6-,7+;;;;/m00..../s1. The zero-order chi connectivity index (χ0) is 17.2. The first-order chi connectivity index (χ1) is 10.6. The van der Waals surface area contributed by atoms with Crippen molar-refractivity contribution < 1.29 is 49.0 Å². The molecular weight excluding hydrogens is 375 g/mol. The summed E-state index contributed by atoms with van der Waals surface area (Å²) in [5.74, 6) is 1.74. The molecule has 4 saturated carbocycles. The van der Waals surface area contributed by atoms with Gasteiger partial charge in [-0.15, -0.1) is 12.4 Å². The van der Waals surface area contributed by atoms with E-state index < -0.39 is 5.97 Å². The van der Waals surface area contributed by atoms with E-state index in [2.05, 4.69) is 27.7 Å². The predicted molar refractivity (Wildman–Crippen MR) is 105 cm³/mol. The molecule has 0 aromatic heterocycles. The Bertz CT molecular complexity index is 534. The number of halogens is 1. The third kappa shape index (κ3) is 4.87. The number of carboxylic acids is 1. The molecule has 0 radical (unpaired) electrons. The monoisotopic (exact) mass is 412 g/mol. The fourth-order valence-electron chi connectivity index (χ4n) is 6.03. The van der Waals surface area contributed by atoms with Crippen LogP contribution in [0, 0.1) is 46.3 Å². The van der Waals surface area contributed by atoms with Gasteiger partial charge in [-0.1, -0.05) is 42.5 Å². The van der Waals surface area contributed by atoms with Crippen molar-refractivity contribution in [3.05, 3.63) is 0 Å². The van der Waals surface area contributed by atoms with Gasteiger partial charge in [0.2, 0.25) is 0 Å². The summed E-state index contributed by atoms with van der Waals surface area (Å²) in [7, 11) is 1.49. The second kappa shape index (κ2) is 9.82. The predicted octanol–water partition coefficient (Wildman–Crippen LogP) is 0.958. The van der Waals surface area contributed by atoms with Crippen molar-refractivity contribution >= 4 is 24.3 Å². The third-order valence-electron chi connectivity index (χ3n) is 7.53. The van der Waals surface area contributed by atoms with E-state index in [9.17, 15) is 14.7 Å². The number of fused-ring (bicyclic) bond motifs is 2. The average molecular weight is 413 g/mol. The quantitative estimate of drug-likeness (QED) is 0.500. The Morgan fingerprint density at radius 3 is 1.48 bits per heavy atom. The van der Waals surface area contributed by atoms with Gasteiger partial charge in [0.25, 0.3) is 0 Å². The Balaban J connectivity index is 0. The maximum atomic E-state index is 11.3. The number of carboxylic acid groups (broad SMARTS) is 1. The Labute approximate surface area is 194 Å². The molecule has 4 fully saturated rings. The molecule has 0 spiro atoms. The Morgan fingerprint density at radius 1 is 0.852 bits per heavy atom. The second-order valence-electron chi connectivity index (χ2n) is 9.12. The van der Waals surface area contributed by atoms with Crippen molar-refractivity contribution in [1.29, 1.82) is 0 Å². The summed E-state index contributed by atoms with van der Waals surface area (Å²) in [5, 5.41) is 10.6. The van der Waals surface area contributed by atoms with E-state index in [1.165, 1.54) is 13.5 Å². The van der Waals surface area contributed by atoms with Gasteiger partial charge in [0.05, 0.1) is 13.0 Å². The van der Waals surface area contributed by atoms with E-state index in [4.69, 9.17) is 4.74 Å². The molecule has 154 valence electrons. The molecule has 0 aromatic carbocycles. The molecule has 0 saturated heterocycles. The van der Waals surface area contributed by atoms with Gasteiger partial charge in [0, 0.05) is 11.9 Å². The van der Waals surface area contributed by atoms with Gasteiger partial charge in [-0.3, -0.25) is 4.79 Å². The summed E-state index contributed by atoms with van der Waals surface area (Å²) in [4.78, 5) is 21.9. The van der Waals surface area contributed by atoms with E-state index in [1.54, 1.807) is 0 Å². The number of aliphatic carboxylic acids is 1. The molecule has 4 aliphatic rings. The van der Waals surface area contributed by atoms with Crippen LogP contribution in [0.4, 0.5) is 0 Å². The van der Waals surface area contributed by atoms with Gasteiger partial charge in [-0.2, -0.15) is 0 Å². The summed E-state index contributed by atoms with van der Waals surface area (Å²) >= 11 is 0. The molecule has 27 heavy (non-hydrogen) atoms. The minimum Gasteiger partial charge on any atom is -0.550 e. The number of hydrogen-bond donors (Lipinski definition) is 0. The number of ether oxygens (including phenoxy) is 1. The van der Waals surface area contributed by atoms with Gasteiger partial charge in [0.1, 0.15) is 0 Å². The number of rotatable bonds is 2. The third-order valence-corrected chi connectivity index (χ3v) is 7.53. The molecule has 0 N–H and O–H groups in total. The molecule has 4 nitrogen and oxygen atoms in total. The van der Waals surface area contributed by atoms with Crippen molar-refractivity contribution in [3.63, 3.8) is 0 Å². The van der Waals surface area contributed by atoms with E-state index >= 15 is 0 Å². The largest absolute Gasteiger partial charge is 1.00 e. The van der Waals surface area contributed by atoms with Crippen molar-refractivity contribution in [2.24, 2.45) is 46.3 Å². The van der Waals surface area contributed by atoms with Crippen molar-refractivity contribution in [1.82, 2.24) is 0 Å². The first kappa shape index (κ1) is 29.4. The van der Waals surface area contributed by atoms with Gasteiger partial charge >= 0.3 is 35.5 Å². The molecule has 6 heteroatoms. The molecule has 0 aliphatic heterocycles. The minimum absolute atomic E-state index is 0. The van der Waals surface area contributed by atoms with Crippen molar-refractivity contribution in [3.8, 4) is 0 Å².